The van der Waals surface area contributed by atoms with Gasteiger partial charge in [0, 0.05) is 25.1 Å². The van der Waals surface area contributed by atoms with Crippen LogP contribution in [0.15, 0.2) is 0 Å². The molecular formula is C13H27NO7. The molecule has 1 saturated heterocycles. The van der Waals surface area contributed by atoms with Crippen molar-refractivity contribution in [2.45, 2.75) is 62.4 Å². The molecule has 8 heteroatoms. The van der Waals surface area contributed by atoms with Gasteiger partial charge < -0.3 is 41.1 Å². The minimum absolute atomic E-state index is 0.134. The van der Waals surface area contributed by atoms with E-state index in [0.29, 0.717) is 19.4 Å². The minimum Gasteiger partial charge on any atom is -0.396 e. The second kappa shape index (κ2) is 8.35. The summed E-state index contributed by atoms with van der Waals surface area (Å²) < 4.78 is 0. The van der Waals surface area contributed by atoms with E-state index in [0.717, 1.165) is 0 Å². The summed E-state index contributed by atoms with van der Waals surface area (Å²) in [5.74, 6) is -0.284. The van der Waals surface area contributed by atoms with Crippen LogP contribution in [0, 0.1) is 5.92 Å². The Morgan fingerprint density at radius 1 is 0.810 bits per heavy atom. The van der Waals surface area contributed by atoms with Crippen LogP contribution in [-0.2, 0) is 0 Å². The molecule has 0 aromatic rings. The lowest BCUT2D eigenvalue weighted by atomic mass is 9.83. The highest BCUT2D eigenvalue weighted by Crippen LogP contribution is 2.24. The maximum absolute atomic E-state index is 9.24. The zero-order valence-electron chi connectivity index (χ0n) is 12.1. The molecule has 4 unspecified atom stereocenters. The van der Waals surface area contributed by atoms with Crippen LogP contribution in [0.4, 0.5) is 0 Å². The van der Waals surface area contributed by atoms with Crippen molar-refractivity contribution >= 4 is 0 Å². The largest absolute Gasteiger partial charge is 0.396 e. The predicted octanol–water partition coefficient (Wildman–Crippen LogP) is -3.47. The molecule has 1 aliphatic carbocycles. The van der Waals surface area contributed by atoms with Gasteiger partial charge in [0.15, 0.2) is 0 Å². The first kappa shape index (κ1) is 18.7. The summed E-state index contributed by atoms with van der Waals surface area (Å²) in [7, 11) is 0. The number of hydrogen-bond donors (Lipinski definition) is 8. The summed E-state index contributed by atoms with van der Waals surface area (Å²) in [6, 6.07) is -0.140. The molecule has 1 saturated carbocycles. The Morgan fingerprint density at radius 3 is 1.90 bits per heavy atom. The van der Waals surface area contributed by atoms with E-state index in [2.05, 4.69) is 5.32 Å². The Balaban J connectivity index is 0.000000211. The van der Waals surface area contributed by atoms with Gasteiger partial charge in [-0.05, 0) is 19.8 Å². The van der Waals surface area contributed by atoms with Crippen molar-refractivity contribution in [3.8, 4) is 0 Å². The van der Waals surface area contributed by atoms with Crippen LogP contribution in [-0.4, -0.2) is 91.6 Å². The zero-order chi connectivity index (χ0) is 16.2. The van der Waals surface area contributed by atoms with Crippen molar-refractivity contribution in [1.29, 1.82) is 0 Å². The van der Waals surface area contributed by atoms with Crippen LogP contribution in [0.2, 0.25) is 0 Å². The van der Waals surface area contributed by atoms with Gasteiger partial charge in [-0.1, -0.05) is 0 Å². The molecule has 21 heavy (non-hydrogen) atoms. The topological polar surface area (TPSA) is 154 Å². The fraction of sp³-hybridized carbons (Fsp3) is 1.00. The molecule has 126 valence electrons. The summed E-state index contributed by atoms with van der Waals surface area (Å²) in [4.78, 5) is 0. The van der Waals surface area contributed by atoms with Gasteiger partial charge in [0.25, 0.3) is 0 Å². The van der Waals surface area contributed by atoms with E-state index in [1.165, 1.54) is 0 Å². The molecule has 0 aromatic heterocycles. The molecular weight excluding hydrogens is 282 g/mol. The average Bonchev–Trinajstić information content (AvgIpc) is 2.48. The van der Waals surface area contributed by atoms with E-state index < -0.39 is 36.6 Å². The van der Waals surface area contributed by atoms with E-state index in [-0.39, 0.29) is 18.6 Å². The summed E-state index contributed by atoms with van der Waals surface area (Å²) in [6.45, 7) is 1.98. The highest BCUT2D eigenvalue weighted by Gasteiger charge is 2.35. The molecule has 8 atom stereocenters. The summed E-state index contributed by atoms with van der Waals surface area (Å²) >= 11 is 0. The first-order valence-electron chi connectivity index (χ1n) is 7.22. The molecule has 1 aliphatic heterocycles. The lowest BCUT2D eigenvalue weighted by molar-refractivity contribution is -0.118. The van der Waals surface area contributed by atoms with E-state index in [1.807, 2.05) is 0 Å². The summed E-state index contributed by atoms with van der Waals surface area (Å²) in [6.07, 6.45) is -4.61. The fourth-order valence-electron chi connectivity index (χ4n) is 2.50. The van der Waals surface area contributed by atoms with E-state index in [4.69, 9.17) is 30.6 Å². The number of piperidine rings is 1. The monoisotopic (exact) mass is 309 g/mol. The molecule has 0 amide bonds. The van der Waals surface area contributed by atoms with E-state index in [1.54, 1.807) is 6.92 Å². The van der Waals surface area contributed by atoms with Gasteiger partial charge in [-0.3, -0.25) is 0 Å². The predicted molar refractivity (Wildman–Crippen MR) is 73.3 cm³/mol. The normalized spacial score (nSPS) is 47.4. The Hall–Kier alpha value is -0.320. The van der Waals surface area contributed by atoms with Crippen molar-refractivity contribution in [2.75, 3.05) is 13.2 Å². The van der Waals surface area contributed by atoms with Crippen LogP contribution in [0.1, 0.15) is 19.8 Å². The number of rotatable bonds is 1. The zero-order valence-corrected chi connectivity index (χ0v) is 12.1. The average molecular weight is 309 g/mol. The highest BCUT2D eigenvalue weighted by atomic mass is 16.4. The number of aliphatic hydroxyl groups excluding tert-OH is 7. The van der Waals surface area contributed by atoms with E-state index >= 15 is 0 Å². The van der Waals surface area contributed by atoms with Gasteiger partial charge in [-0.2, -0.15) is 0 Å². The molecule has 2 aliphatic rings. The SMILES string of the molecule is C[C@H]1NCC(O)[C@@H](O)C1O.OCC1CCC(O)[C@H](O)[C@@H]1O. The fourth-order valence-corrected chi connectivity index (χ4v) is 2.50. The minimum atomic E-state index is -1.10. The Bertz CT molecular complexity index is 290. The van der Waals surface area contributed by atoms with Gasteiger partial charge in [-0.15, -0.1) is 0 Å². The lowest BCUT2D eigenvalue weighted by Crippen LogP contribution is -2.58. The molecule has 8 N–H and O–H groups in total. The number of aliphatic hydroxyl groups is 7. The van der Waals surface area contributed by atoms with Crippen LogP contribution in [0.25, 0.3) is 0 Å². The molecule has 1 heterocycles. The summed E-state index contributed by atoms with van der Waals surface area (Å²) in [5.41, 5.74) is 0. The lowest BCUT2D eigenvalue weighted by Gasteiger charge is -2.33. The van der Waals surface area contributed by atoms with Crippen LogP contribution >= 0.6 is 0 Å². The molecule has 0 spiro atoms. The molecule has 0 radical (unpaired) electrons. The maximum atomic E-state index is 9.24. The molecule has 2 fully saturated rings. The van der Waals surface area contributed by atoms with Gasteiger partial charge >= 0.3 is 0 Å². The number of nitrogens with one attached hydrogen (secondary N) is 1. The van der Waals surface area contributed by atoms with Gasteiger partial charge in [0.05, 0.1) is 24.4 Å². The Labute approximate surface area is 123 Å². The van der Waals surface area contributed by atoms with Crippen molar-refractivity contribution in [3.63, 3.8) is 0 Å². The molecule has 0 bridgehead atoms. The smallest absolute Gasteiger partial charge is 0.108 e. The van der Waals surface area contributed by atoms with Crippen LogP contribution < -0.4 is 5.32 Å². The second-order valence-corrected chi connectivity index (χ2v) is 5.81. The highest BCUT2D eigenvalue weighted by molar-refractivity contribution is 4.89. The van der Waals surface area contributed by atoms with Crippen molar-refractivity contribution in [2.24, 2.45) is 5.92 Å². The van der Waals surface area contributed by atoms with Gasteiger partial charge in [0.2, 0.25) is 0 Å². The Morgan fingerprint density at radius 2 is 1.38 bits per heavy atom. The Kier molecular flexibility index (Phi) is 7.45. The first-order valence-corrected chi connectivity index (χ1v) is 7.22. The van der Waals surface area contributed by atoms with Crippen LogP contribution in [0.5, 0.6) is 0 Å². The van der Waals surface area contributed by atoms with Gasteiger partial charge in [0.1, 0.15) is 12.2 Å². The third-order valence-corrected chi connectivity index (χ3v) is 4.20. The molecule has 8 nitrogen and oxygen atoms in total. The number of hydrogen-bond acceptors (Lipinski definition) is 8. The van der Waals surface area contributed by atoms with Crippen LogP contribution in [0.3, 0.4) is 0 Å². The summed E-state index contributed by atoms with van der Waals surface area (Å²) in [5, 5.41) is 66.2. The molecule has 0 aromatic carbocycles. The third kappa shape index (κ3) is 4.83. The van der Waals surface area contributed by atoms with E-state index in [9.17, 15) is 5.11 Å². The second-order valence-electron chi connectivity index (χ2n) is 5.81. The standard InChI is InChI=1S/C7H14O4.C6H13NO3/c8-3-4-1-2-5(9)7(11)6(4)10;1-3-5(9)6(10)4(8)2-7-3/h4-11H,1-3H2;3-10H,2H2,1H3/t4?,5?,6-,7+;3-,4?,5?,6-/m11/s1. The van der Waals surface area contributed by atoms with Gasteiger partial charge in [-0.25, -0.2) is 0 Å². The molecule has 2 rings (SSSR count). The third-order valence-electron chi connectivity index (χ3n) is 4.20. The maximum Gasteiger partial charge on any atom is 0.108 e. The van der Waals surface area contributed by atoms with Crippen molar-refractivity contribution < 1.29 is 35.7 Å². The quantitative estimate of drug-likeness (QED) is 0.249. The van der Waals surface area contributed by atoms with Crippen molar-refractivity contribution in [3.05, 3.63) is 0 Å². The van der Waals surface area contributed by atoms with Crippen molar-refractivity contribution in [1.82, 2.24) is 5.32 Å². The first-order chi connectivity index (χ1) is 9.79. The number of β-amino-alcohol motifs (C(OH)–C–C–N with tert-alkyl or cyclic N) is 1.